The molecule has 0 aliphatic carbocycles. The first-order valence-electron chi connectivity index (χ1n) is 6.70. The van der Waals surface area contributed by atoms with E-state index < -0.39 is 10.0 Å². The van der Waals surface area contributed by atoms with Gasteiger partial charge in [-0.15, -0.1) is 11.3 Å². The standard InChI is InChI=1S/C11H12N8O4S2/c12-18-15-1-3-22-8-5-7-10(24-11(17-7)25(14,20)21)6-9(8)23-4-2-16-19-13/h5-6H,1-4H2,(H2,14,20,21). The van der Waals surface area contributed by atoms with Crippen molar-refractivity contribution in [1.82, 2.24) is 4.98 Å². The van der Waals surface area contributed by atoms with Crippen molar-refractivity contribution < 1.29 is 17.9 Å². The molecule has 1 aromatic carbocycles. The van der Waals surface area contributed by atoms with Gasteiger partial charge in [0.25, 0.3) is 10.0 Å². The number of sulfonamides is 1. The van der Waals surface area contributed by atoms with Crippen LogP contribution in [0.5, 0.6) is 11.5 Å². The molecule has 12 nitrogen and oxygen atoms in total. The molecule has 2 N–H and O–H groups in total. The summed E-state index contributed by atoms with van der Waals surface area (Å²) in [7, 11) is -3.92. The molecule has 0 atom stereocenters. The highest BCUT2D eigenvalue weighted by Crippen LogP contribution is 2.36. The van der Waals surface area contributed by atoms with Crippen LogP contribution in [-0.4, -0.2) is 39.7 Å². The molecule has 0 radical (unpaired) electrons. The van der Waals surface area contributed by atoms with Crippen molar-refractivity contribution in [3.8, 4) is 11.5 Å². The molecule has 14 heteroatoms. The van der Waals surface area contributed by atoms with Crippen molar-refractivity contribution in [2.24, 2.45) is 15.4 Å². The van der Waals surface area contributed by atoms with E-state index in [9.17, 15) is 8.42 Å². The summed E-state index contributed by atoms with van der Waals surface area (Å²) in [6.07, 6.45) is 0. The molecular formula is C11H12N8O4S2. The molecule has 0 fully saturated rings. The number of aromatic nitrogens is 1. The molecule has 0 saturated heterocycles. The predicted molar refractivity (Wildman–Crippen MR) is 90.0 cm³/mol. The topological polar surface area (TPSA) is 189 Å². The largest absolute Gasteiger partial charge is 0.490 e. The molecule has 25 heavy (non-hydrogen) atoms. The zero-order chi connectivity index (χ0) is 18.3. The summed E-state index contributed by atoms with van der Waals surface area (Å²) in [5.41, 5.74) is 16.9. The molecule has 0 bridgehead atoms. The zero-order valence-corrected chi connectivity index (χ0v) is 14.3. The van der Waals surface area contributed by atoms with E-state index >= 15 is 0 Å². The van der Waals surface area contributed by atoms with Crippen LogP contribution < -0.4 is 14.6 Å². The third-order valence-electron chi connectivity index (χ3n) is 2.70. The smallest absolute Gasteiger partial charge is 0.265 e. The third kappa shape index (κ3) is 5.11. The summed E-state index contributed by atoms with van der Waals surface area (Å²) in [4.78, 5) is 9.20. The fourth-order valence-electron chi connectivity index (χ4n) is 1.74. The number of hydrogen-bond donors (Lipinski definition) is 1. The maximum atomic E-state index is 11.4. The van der Waals surface area contributed by atoms with E-state index in [1.807, 2.05) is 0 Å². The lowest BCUT2D eigenvalue weighted by atomic mass is 10.3. The van der Waals surface area contributed by atoms with E-state index in [-0.39, 0.29) is 36.4 Å². The first-order valence-corrected chi connectivity index (χ1v) is 9.06. The van der Waals surface area contributed by atoms with Crippen LogP contribution in [0.1, 0.15) is 0 Å². The Morgan fingerprint density at radius 1 is 1.12 bits per heavy atom. The van der Waals surface area contributed by atoms with Crippen LogP contribution in [0.2, 0.25) is 0 Å². The Bertz CT molecular complexity index is 899. The van der Waals surface area contributed by atoms with Crippen molar-refractivity contribution in [2.75, 3.05) is 26.3 Å². The number of nitrogens with two attached hydrogens (primary N) is 1. The Balaban J connectivity index is 2.33. The molecule has 132 valence electrons. The molecule has 1 aromatic heterocycles. The van der Waals surface area contributed by atoms with Crippen molar-refractivity contribution in [3.63, 3.8) is 0 Å². The van der Waals surface area contributed by atoms with Gasteiger partial charge in [-0.3, -0.25) is 0 Å². The van der Waals surface area contributed by atoms with Crippen LogP contribution in [-0.2, 0) is 10.0 Å². The van der Waals surface area contributed by atoms with Gasteiger partial charge in [-0.1, -0.05) is 10.2 Å². The summed E-state index contributed by atoms with van der Waals surface area (Å²) in [6, 6.07) is 3.06. The molecule has 0 spiro atoms. The van der Waals surface area contributed by atoms with Crippen molar-refractivity contribution in [3.05, 3.63) is 33.0 Å². The Morgan fingerprint density at radius 2 is 1.68 bits per heavy atom. The summed E-state index contributed by atoms with van der Waals surface area (Å²) in [5.74, 6) is 0.596. The maximum Gasteiger partial charge on any atom is 0.265 e. The average Bonchev–Trinajstić information content (AvgIpc) is 2.98. The van der Waals surface area contributed by atoms with Gasteiger partial charge in [0, 0.05) is 22.0 Å². The van der Waals surface area contributed by atoms with Gasteiger partial charge in [0.15, 0.2) is 11.5 Å². The van der Waals surface area contributed by atoms with Crippen molar-refractivity contribution >= 4 is 31.6 Å². The van der Waals surface area contributed by atoms with E-state index in [1.165, 1.54) is 6.07 Å². The number of hydrogen-bond acceptors (Lipinski definition) is 8. The highest BCUT2D eigenvalue weighted by molar-refractivity contribution is 7.91. The molecule has 1 heterocycles. The van der Waals surface area contributed by atoms with E-state index in [0.717, 1.165) is 11.3 Å². The molecular weight excluding hydrogens is 372 g/mol. The first kappa shape index (κ1) is 18.6. The predicted octanol–water partition coefficient (Wildman–Crippen LogP) is 2.32. The number of thiazole rings is 1. The second-order valence-electron chi connectivity index (χ2n) is 4.40. The lowest BCUT2D eigenvalue weighted by molar-refractivity contribution is 0.278. The quantitative estimate of drug-likeness (QED) is 0.300. The average molecular weight is 384 g/mol. The van der Waals surface area contributed by atoms with Crippen LogP contribution >= 0.6 is 11.3 Å². The van der Waals surface area contributed by atoms with Crippen LogP contribution in [0.25, 0.3) is 31.1 Å². The zero-order valence-electron chi connectivity index (χ0n) is 12.6. The number of azide groups is 2. The SMILES string of the molecule is [N-]=[N+]=NCCOc1cc2nc(S(N)(=O)=O)sc2cc1OCCN=[N+]=[N-]. The lowest BCUT2D eigenvalue weighted by Crippen LogP contribution is -2.11. The first-order chi connectivity index (χ1) is 12.0. The number of primary sulfonamides is 1. The molecule has 0 aliphatic heterocycles. The van der Waals surface area contributed by atoms with Gasteiger partial charge >= 0.3 is 0 Å². The molecule has 0 aliphatic rings. The highest BCUT2D eigenvalue weighted by atomic mass is 32.2. The van der Waals surface area contributed by atoms with Gasteiger partial charge in [-0.05, 0) is 11.1 Å². The fraction of sp³-hybridized carbons (Fsp3) is 0.364. The number of rotatable bonds is 9. The Hall–Kier alpha value is -2.76. The molecule has 0 unspecified atom stereocenters. The van der Waals surface area contributed by atoms with Crippen LogP contribution in [0, 0.1) is 0 Å². The minimum Gasteiger partial charge on any atom is -0.490 e. The van der Waals surface area contributed by atoms with Gasteiger partial charge in [0.05, 0.1) is 36.5 Å². The van der Waals surface area contributed by atoms with E-state index in [2.05, 4.69) is 25.0 Å². The minimum atomic E-state index is -3.92. The molecule has 2 aromatic rings. The van der Waals surface area contributed by atoms with Crippen molar-refractivity contribution in [1.29, 1.82) is 0 Å². The number of benzene rings is 1. The second-order valence-corrected chi connectivity index (χ2v) is 7.16. The number of ether oxygens (including phenoxy) is 2. The summed E-state index contributed by atoms with van der Waals surface area (Å²) in [6.45, 7) is 0.404. The molecule has 2 rings (SSSR count). The second kappa shape index (κ2) is 8.37. The van der Waals surface area contributed by atoms with Gasteiger partial charge in [0.1, 0.15) is 0 Å². The maximum absolute atomic E-state index is 11.4. The van der Waals surface area contributed by atoms with Crippen LogP contribution in [0.4, 0.5) is 0 Å². The van der Waals surface area contributed by atoms with Gasteiger partial charge in [-0.25, -0.2) is 18.5 Å². The minimum absolute atomic E-state index is 0.0917. The van der Waals surface area contributed by atoms with Crippen molar-refractivity contribution in [2.45, 2.75) is 4.34 Å². The van der Waals surface area contributed by atoms with Crippen LogP contribution in [0.15, 0.2) is 26.7 Å². The van der Waals surface area contributed by atoms with E-state index in [1.54, 1.807) is 6.07 Å². The Labute approximate surface area is 145 Å². The van der Waals surface area contributed by atoms with E-state index in [0.29, 0.717) is 16.0 Å². The van der Waals surface area contributed by atoms with Gasteiger partial charge in [-0.2, -0.15) is 0 Å². The summed E-state index contributed by atoms with van der Waals surface area (Å²) in [5, 5.41) is 11.8. The Morgan fingerprint density at radius 3 is 2.20 bits per heavy atom. The lowest BCUT2D eigenvalue weighted by Gasteiger charge is -2.11. The molecule has 0 amide bonds. The van der Waals surface area contributed by atoms with Gasteiger partial charge < -0.3 is 9.47 Å². The summed E-state index contributed by atoms with van der Waals surface area (Å²) < 4.78 is 34.2. The molecule has 0 saturated carbocycles. The van der Waals surface area contributed by atoms with Crippen LogP contribution in [0.3, 0.4) is 0 Å². The highest BCUT2D eigenvalue weighted by Gasteiger charge is 2.17. The summed E-state index contributed by atoms with van der Waals surface area (Å²) >= 11 is 0.895. The Kier molecular flexibility index (Phi) is 6.22. The van der Waals surface area contributed by atoms with E-state index in [4.69, 9.17) is 25.7 Å². The normalized spacial score (nSPS) is 10.8. The third-order valence-corrected chi connectivity index (χ3v) is 5.04. The monoisotopic (exact) mass is 384 g/mol. The fourth-order valence-corrected chi connectivity index (χ4v) is 3.41. The number of fused-ring (bicyclic) bond motifs is 1. The number of nitrogens with zero attached hydrogens (tertiary/aromatic N) is 7. The van der Waals surface area contributed by atoms with Gasteiger partial charge in [0.2, 0.25) is 4.34 Å².